The molecular weight excluding hydrogens is 254 g/mol. The van der Waals surface area contributed by atoms with Crippen molar-refractivity contribution >= 4 is 11.6 Å². The molecule has 1 aromatic heterocycles. The molecule has 6 nitrogen and oxygen atoms in total. The van der Waals surface area contributed by atoms with Gasteiger partial charge in [0.1, 0.15) is 17.5 Å². The molecule has 0 aliphatic carbocycles. The molecular formula is C14H27N5O. The first-order valence-corrected chi connectivity index (χ1v) is 6.91. The van der Waals surface area contributed by atoms with Crippen molar-refractivity contribution < 1.29 is 5.11 Å². The summed E-state index contributed by atoms with van der Waals surface area (Å²) in [4.78, 5) is 11.2. The van der Waals surface area contributed by atoms with Crippen LogP contribution in [0.1, 0.15) is 45.5 Å². The molecule has 1 rings (SSSR count). The number of aliphatic hydroxyl groups excluding tert-OH is 1. The van der Waals surface area contributed by atoms with Crippen molar-refractivity contribution in [1.29, 1.82) is 0 Å². The maximum atomic E-state index is 9.41. The Morgan fingerprint density at radius 3 is 2.40 bits per heavy atom. The van der Waals surface area contributed by atoms with Crippen LogP contribution in [0.5, 0.6) is 0 Å². The van der Waals surface area contributed by atoms with Crippen LogP contribution in [0.3, 0.4) is 0 Å². The fraction of sp³-hybridized carbons (Fsp3) is 0.714. The van der Waals surface area contributed by atoms with Gasteiger partial charge >= 0.3 is 0 Å². The summed E-state index contributed by atoms with van der Waals surface area (Å²) < 4.78 is 0. The van der Waals surface area contributed by atoms with Crippen LogP contribution in [-0.2, 0) is 5.41 Å². The van der Waals surface area contributed by atoms with Crippen LogP contribution in [0.15, 0.2) is 0 Å². The third-order valence-electron chi connectivity index (χ3n) is 3.17. The van der Waals surface area contributed by atoms with Crippen LogP contribution in [0.25, 0.3) is 0 Å². The van der Waals surface area contributed by atoms with E-state index in [0.717, 1.165) is 23.8 Å². The lowest BCUT2D eigenvalue weighted by molar-refractivity contribution is 0.187. The van der Waals surface area contributed by atoms with Crippen molar-refractivity contribution in [2.24, 2.45) is 5.84 Å². The first-order chi connectivity index (χ1) is 9.16. The number of nitrogens with one attached hydrogen (secondary N) is 1. The summed E-state index contributed by atoms with van der Waals surface area (Å²) in [7, 11) is 1.96. The lowest BCUT2D eigenvalue weighted by Crippen LogP contribution is -2.27. The van der Waals surface area contributed by atoms with Gasteiger partial charge in [-0.15, -0.1) is 0 Å². The molecule has 0 spiro atoms. The van der Waals surface area contributed by atoms with Crippen molar-refractivity contribution in [3.05, 3.63) is 11.4 Å². The van der Waals surface area contributed by atoms with Crippen LogP contribution >= 0.6 is 0 Å². The Bertz CT molecular complexity index is 454. The molecule has 0 aliphatic heterocycles. The van der Waals surface area contributed by atoms with Crippen molar-refractivity contribution in [2.75, 3.05) is 23.9 Å². The molecule has 0 aliphatic rings. The Labute approximate surface area is 121 Å². The second-order valence-electron chi connectivity index (χ2n) is 6.30. The van der Waals surface area contributed by atoms with Gasteiger partial charge in [0.05, 0.1) is 6.10 Å². The summed E-state index contributed by atoms with van der Waals surface area (Å²) >= 11 is 0. The number of anilines is 2. The highest BCUT2D eigenvalue weighted by molar-refractivity contribution is 5.58. The number of hydrogen-bond donors (Lipinski definition) is 3. The largest absolute Gasteiger partial charge is 0.393 e. The van der Waals surface area contributed by atoms with E-state index < -0.39 is 0 Å². The van der Waals surface area contributed by atoms with E-state index in [1.807, 2.05) is 18.9 Å². The molecule has 1 unspecified atom stereocenters. The molecule has 0 bridgehead atoms. The van der Waals surface area contributed by atoms with Gasteiger partial charge in [0.25, 0.3) is 0 Å². The molecule has 0 saturated carbocycles. The van der Waals surface area contributed by atoms with E-state index in [2.05, 4.69) is 36.2 Å². The zero-order valence-electron chi connectivity index (χ0n) is 13.4. The molecule has 0 fully saturated rings. The summed E-state index contributed by atoms with van der Waals surface area (Å²) in [6, 6.07) is 0. The molecule has 114 valence electrons. The Morgan fingerprint density at radius 1 is 1.35 bits per heavy atom. The lowest BCUT2D eigenvalue weighted by atomic mass is 9.95. The third-order valence-corrected chi connectivity index (χ3v) is 3.17. The maximum absolute atomic E-state index is 9.41. The lowest BCUT2D eigenvalue weighted by Gasteiger charge is -2.25. The molecule has 4 N–H and O–H groups in total. The Hall–Kier alpha value is -1.40. The van der Waals surface area contributed by atoms with E-state index in [-0.39, 0.29) is 11.5 Å². The van der Waals surface area contributed by atoms with Gasteiger partial charge in [-0.3, -0.25) is 0 Å². The Kier molecular flexibility index (Phi) is 5.30. The van der Waals surface area contributed by atoms with Crippen molar-refractivity contribution in [1.82, 2.24) is 9.97 Å². The second kappa shape index (κ2) is 6.37. The van der Waals surface area contributed by atoms with Crippen LogP contribution in [0, 0.1) is 6.92 Å². The van der Waals surface area contributed by atoms with E-state index in [1.54, 1.807) is 6.92 Å². The molecule has 0 aromatic carbocycles. The summed E-state index contributed by atoms with van der Waals surface area (Å²) in [6.07, 6.45) is 0.365. The SMILES string of the molecule is Cc1c(NN)nc(C(C)(C)C)nc1N(C)CCC(C)O. The molecule has 6 heteroatoms. The highest BCUT2D eigenvalue weighted by Gasteiger charge is 2.22. The minimum absolute atomic E-state index is 0.154. The number of rotatable bonds is 5. The first-order valence-electron chi connectivity index (χ1n) is 6.91. The van der Waals surface area contributed by atoms with E-state index in [0.29, 0.717) is 12.2 Å². The van der Waals surface area contributed by atoms with Crippen molar-refractivity contribution in [3.63, 3.8) is 0 Å². The van der Waals surface area contributed by atoms with E-state index in [1.165, 1.54) is 0 Å². The van der Waals surface area contributed by atoms with Gasteiger partial charge in [-0.25, -0.2) is 15.8 Å². The topological polar surface area (TPSA) is 87.3 Å². The quantitative estimate of drug-likeness (QED) is 0.561. The molecule has 1 aromatic rings. The van der Waals surface area contributed by atoms with Crippen molar-refractivity contribution in [2.45, 2.75) is 52.6 Å². The van der Waals surface area contributed by atoms with Gasteiger partial charge in [-0.05, 0) is 20.3 Å². The van der Waals surface area contributed by atoms with Gasteiger partial charge < -0.3 is 15.4 Å². The summed E-state index contributed by atoms with van der Waals surface area (Å²) in [6.45, 7) is 10.7. The van der Waals surface area contributed by atoms with Gasteiger partial charge in [0.2, 0.25) is 0 Å². The first kappa shape index (κ1) is 16.7. The number of nitrogens with two attached hydrogens (primary N) is 1. The molecule has 0 saturated heterocycles. The van der Waals surface area contributed by atoms with Crippen LogP contribution in [-0.4, -0.2) is 34.8 Å². The fourth-order valence-corrected chi connectivity index (χ4v) is 1.84. The highest BCUT2D eigenvalue weighted by atomic mass is 16.3. The number of nitrogen functional groups attached to an aromatic ring is 1. The average molecular weight is 281 g/mol. The number of aromatic nitrogens is 2. The van der Waals surface area contributed by atoms with E-state index >= 15 is 0 Å². The smallest absolute Gasteiger partial charge is 0.148 e. The summed E-state index contributed by atoms with van der Waals surface area (Å²) in [5.74, 6) is 7.79. The normalized spacial score (nSPS) is 13.2. The summed E-state index contributed by atoms with van der Waals surface area (Å²) in [5, 5.41) is 9.41. The molecule has 0 radical (unpaired) electrons. The standard InChI is InChI=1S/C14H27N5O/c1-9(20)7-8-19(6)12-10(2)11(18-15)16-13(17-12)14(3,4)5/h9,20H,7-8,15H2,1-6H3,(H,16,17,18). The van der Waals surface area contributed by atoms with Crippen molar-refractivity contribution in [3.8, 4) is 0 Å². The summed E-state index contributed by atoms with van der Waals surface area (Å²) in [5.41, 5.74) is 3.40. The maximum Gasteiger partial charge on any atom is 0.148 e. The third kappa shape index (κ3) is 4.05. The van der Waals surface area contributed by atoms with Gasteiger partial charge in [-0.2, -0.15) is 0 Å². The monoisotopic (exact) mass is 281 g/mol. The predicted molar refractivity (Wildman–Crippen MR) is 82.8 cm³/mol. The minimum atomic E-state index is -0.325. The Balaban J connectivity index is 3.16. The van der Waals surface area contributed by atoms with E-state index in [9.17, 15) is 5.11 Å². The number of hydrogen-bond acceptors (Lipinski definition) is 6. The van der Waals surface area contributed by atoms with Crippen LogP contribution in [0.4, 0.5) is 11.6 Å². The zero-order valence-corrected chi connectivity index (χ0v) is 13.4. The van der Waals surface area contributed by atoms with Gasteiger partial charge in [-0.1, -0.05) is 20.8 Å². The predicted octanol–water partition coefficient (Wildman–Crippen LogP) is 1.58. The average Bonchev–Trinajstić information content (AvgIpc) is 2.34. The molecule has 1 heterocycles. The number of nitrogens with zero attached hydrogens (tertiary/aromatic N) is 3. The van der Waals surface area contributed by atoms with Crippen LogP contribution < -0.4 is 16.2 Å². The van der Waals surface area contributed by atoms with Gasteiger partial charge in [0.15, 0.2) is 0 Å². The molecule has 1 atom stereocenters. The highest BCUT2D eigenvalue weighted by Crippen LogP contribution is 2.27. The minimum Gasteiger partial charge on any atom is -0.393 e. The van der Waals surface area contributed by atoms with Crippen LogP contribution in [0.2, 0.25) is 0 Å². The Morgan fingerprint density at radius 2 is 1.95 bits per heavy atom. The number of hydrazine groups is 1. The van der Waals surface area contributed by atoms with E-state index in [4.69, 9.17) is 5.84 Å². The fourth-order valence-electron chi connectivity index (χ4n) is 1.84. The second-order valence-corrected chi connectivity index (χ2v) is 6.30. The van der Waals surface area contributed by atoms with Gasteiger partial charge in [0, 0.05) is 24.6 Å². The molecule has 0 amide bonds. The zero-order chi connectivity index (χ0) is 15.5. The number of aliphatic hydroxyl groups is 1. The molecule has 20 heavy (non-hydrogen) atoms.